The van der Waals surface area contributed by atoms with Crippen LogP contribution in [-0.2, 0) is 24.8 Å². The van der Waals surface area contributed by atoms with Crippen LogP contribution in [0.15, 0.2) is 6.07 Å². The third-order valence-electron chi connectivity index (χ3n) is 3.99. The van der Waals surface area contributed by atoms with Gasteiger partial charge >= 0.3 is 5.97 Å². The van der Waals surface area contributed by atoms with E-state index in [1.165, 1.54) is 0 Å². The molecule has 0 aliphatic carbocycles. The molecular formula is C13H21N3O2. The van der Waals surface area contributed by atoms with Gasteiger partial charge < -0.3 is 5.11 Å². The van der Waals surface area contributed by atoms with E-state index in [9.17, 15) is 9.90 Å². The van der Waals surface area contributed by atoms with Gasteiger partial charge in [0, 0.05) is 13.6 Å². The smallest absolute Gasteiger partial charge is 0.323 e. The van der Waals surface area contributed by atoms with Gasteiger partial charge in [-0.15, -0.1) is 0 Å². The van der Waals surface area contributed by atoms with Crippen LogP contribution in [0.2, 0.25) is 0 Å². The van der Waals surface area contributed by atoms with E-state index in [0.29, 0.717) is 6.54 Å². The van der Waals surface area contributed by atoms with Crippen molar-refractivity contribution in [1.82, 2.24) is 14.7 Å². The molecule has 1 aromatic rings. The Labute approximate surface area is 107 Å². The molecule has 0 spiro atoms. The molecule has 1 aliphatic rings. The maximum absolute atomic E-state index is 11.4. The van der Waals surface area contributed by atoms with Gasteiger partial charge in [-0.25, -0.2) is 0 Å². The number of carboxylic acid groups (broad SMARTS) is 1. The second-order valence-corrected chi connectivity index (χ2v) is 5.21. The number of nitrogens with zero attached hydrogens (tertiary/aromatic N) is 3. The number of carboxylic acids is 1. The van der Waals surface area contributed by atoms with Crippen molar-refractivity contribution in [3.63, 3.8) is 0 Å². The predicted molar refractivity (Wildman–Crippen MR) is 68.3 cm³/mol. The summed E-state index contributed by atoms with van der Waals surface area (Å²) in [5, 5.41) is 13.8. The van der Waals surface area contributed by atoms with Gasteiger partial charge in [0.1, 0.15) is 5.54 Å². The summed E-state index contributed by atoms with van der Waals surface area (Å²) in [5.74, 6) is -0.724. The van der Waals surface area contributed by atoms with E-state index in [2.05, 4.69) is 18.1 Å². The van der Waals surface area contributed by atoms with Crippen molar-refractivity contribution >= 4 is 5.97 Å². The van der Waals surface area contributed by atoms with Crippen LogP contribution in [0.1, 0.15) is 38.1 Å². The van der Waals surface area contributed by atoms with E-state index in [0.717, 1.165) is 37.2 Å². The summed E-state index contributed by atoms with van der Waals surface area (Å²) in [5.41, 5.74) is 1.42. The Morgan fingerprint density at radius 2 is 2.33 bits per heavy atom. The van der Waals surface area contributed by atoms with Gasteiger partial charge in [-0.3, -0.25) is 14.4 Å². The molecule has 1 atom stereocenters. The zero-order chi connectivity index (χ0) is 13.3. The number of rotatable bonds is 4. The molecule has 5 nitrogen and oxygen atoms in total. The molecule has 18 heavy (non-hydrogen) atoms. The maximum atomic E-state index is 11.4. The van der Waals surface area contributed by atoms with Gasteiger partial charge in [-0.05, 0) is 38.8 Å². The third kappa shape index (κ3) is 2.14. The zero-order valence-electron chi connectivity index (χ0n) is 11.3. The molecule has 0 aromatic carbocycles. The second-order valence-electron chi connectivity index (χ2n) is 5.21. The first kappa shape index (κ1) is 13.1. The van der Waals surface area contributed by atoms with Gasteiger partial charge in [-0.1, -0.05) is 6.92 Å². The quantitative estimate of drug-likeness (QED) is 0.879. The Morgan fingerprint density at radius 1 is 1.61 bits per heavy atom. The fraction of sp³-hybridized carbons (Fsp3) is 0.692. The van der Waals surface area contributed by atoms with Crippen molar-refractivity contribution in [2.75, 3.05) is 6.54 Å². The van der Waals surface area contributed by atoms with Gasteiger partial charge in [0.05, 0.1) is 11.4 Å². The molecule has 1 N–H and O–H groups in total. The number of likely N-dealkylation sites (tertiary alicyclic amines) is 1. The lowest BCUT2D eigenvalue weighted by Gasteiger charge is -2.30. The largest absolute Gasteiger partial charge is 0.480 e. The first-order chi connectivity index (χ1) is 8.47. The SMILES string of the molecule is CCc1cc(CN2CCCC2(C)C(=O)O)n(C)n1. The van der Waals surface area contributed by atoms with Gasteiger partial charge in [0.2, 0.25) is 0 Å². The minimum absolute atomic E-state index is 0.659. The van der Waals surface area contributed by atoms with E-state index < -0.39 is 11.5 Å². The molecule has 0 saturated carbocycles. The van der Waals surface area contributed by atoms with E-state index in [4.69, 9.17) is 0 Å². The highest BCUT2D eigenvalue weighted by atomic mass is 16.4. The highest BCUT2D eigenvalue weighted by Crippen LogP contribution is 2.30. The summed E-state index contributed by atoms with van der Waals surface area (Å²) < 4.78 is 1.86. The lowest BCUT2D eigenvalue weighted by molar-refractivity contribution is -0.149. The van der Waals surface area contributed by atoms with Crippen molar-refractivity contribution in [2.45, 2.75) is 45.2 Å². The van der Waals surface area contributed by atoms with Crippen LogP contribution in [0.5, 0.6) is 0 Å². The van der Waals surface area contributed by atoms with Crippen molar-refractivity contribution in [2.24, 2.45) is 7.05 Å². The van der Waals surface area contributed by atoms with Crippen LogP contribution >= 0.6 is 0 Å². The summed E-state index contributed by atoms with van der Waals surface area (Å²) in [6.07, 6.45) is 2.58. The Morgan fingerprint density at radius 3 is 2.89 bits per heavy atom. The van der Waals surface area contributed by atoms with E-state index in [1.807, 2.05) is 23.6 Å². The first-order valence-electron chi connectivity index (χ1n) is 6.47. The lowest BCUT2D eigenvalue weighted by Crippen LogP contribution is -2.47. The Hall–Kier alpha value is -1.36. The van der Waals surface area contributed by atoms with Crippen LogP contribution in [0.3, 0.4) is 0 Å². The fourth-order valence-electron chi connectivity index (χ4n) is 2.60. The average molecular weight is 251 g/mol. The Bertz CT molecular complexity index is 455. The highest BCUT2D eigenvalue weighted by molar-refractivity contribution is 5.78. The summed E-state index contributed by atoms with van der Waals surface area (Å²) in [4.78, 5) is 13.5. The Kier molecular flexibility index (Phi) is 3.43. The molecule has 0 amide bonds. The van der Waals surface area contributed by atoms with E-state index in [1.54, 1.807) is 0 Å². The molecule has 5 heteroatoms. The van der Waals surface area contributed by atoms with Crippen molar-refractivity contribution in [3.8, 4) is 0 Å². The molecule has 1 saturated heterocycles. The molecule has 1 aromatic heterocycles. The molecule has 1 aliphatic heterocycles. The predicted octanol–water partition coefficient (Wildman–Crippen LogP) is 1.42. The summed E-state index contributed by atoms with van der Waals surface area (Å²) in [6.45, 7) is 5.39. The fourth-order valence-corrected chi connectivity index (χ4v) is 2.60. The molecule has 2 rings (SSSR count). The number of aliphatic carboxylic acids is 1. The highest BCUT2D eigenvalue weighted by Gasteiger charge is 2.43. The van der Waals surface area contributed by atoms with E-state index >= 15 is 0 Å². The summed E-state index contributed by atoms with van der Waals surface area (Å²) in [7, 11) is 1.92. The molecular weight excluding hydrogens is 230 g/mol. The normalized spacial score (nSPS) is 24.6. The van der Waals surface area contributed by atoms with Crippen LogP contribution in [0.4, 0.5) is 0 Å². The molecule has 0 radical (unpaired) electrons. The van der Waals surface area contributed by atoms with Gasteiger partial charge in [-0.2, -0.15) is 5.10 Å². The minimum Gasteiger partial charge on any atom is -0.480 e. The molecule has 1 fully saturated rings. The van der Waals surface area contributed by atoms with Gasteiger partial charge in [0.25, 0.3) is 0 Å². The van der Waals surface area contributed by atoms with Crippen LogP contribution in [0.25, 0.3) is 0 Å². The number of hydrogen-bond donors (Lipinski definition) is 1. The van der Waals surface area contributed by atoms with Crippen molar-refractivity contribution in [1.29, 1.82) is 0 Å². The maximum Gasteiger partial charge on any atom is 0.323 e. The van der Waals surface area contributed by atoms with Crippen LogP contribution < -0.4 is 0 Å². The number of aryl methyl sites for hydroxylation is 2. The summed E-state index contributed by atoms with van der Waals surface area (Å²) >= 11 is 0. The zero-order valence-corrected chi connectivity index (χ0v) is 11.3. The minimum atomic E-state index is -0.726. The average Bonchev–Trinajstić information content (AvgIpc) is 2.86. The van der Waals surface area contributed by atoms with Gasteiger partial charge in [0.15, 0.2) is 0 Å². The standard InChI is InChI=1S/C13H21N3O2/c1-4-10-8-11(15(3)14-10)9-16-7-5-6-13(16,2)12(17)18/h8H,4-7,9H2,1-3H3,(H,17,18). The number of aromatic nitrogens is 2. The molecule has 0 bridgehead atoms. The number of carbonyl (C=O) groups is 1. The van der Waals surface area contributed by atoms with E-state index in [-0.39, 0.29) is 0 Å². The topological polar surface area (TPSA) is 58.4 Å². The second kappa shape index (κ2) is 4.72. The van der Waals surface area contributed by atoms with Crippen molar-refractivity contribution < 1.29 is 9.90 Å². The molecule has 2 heterocycles. The number of hydrogen-bond acceptors (Lipinski definition) is 3. The molecule has 1 unspecified atom stereocenters. The summed E-state index contributed by atoms with van der Waals surface area (Å²) in [6, 6.07) is 2.07. The van der Waals surface area contributed by atoms with Crippen LogP contribution in [0, 0.1) is 0 Å². The third-order valence-corrected chi connectivity index (χ3v) is 3.99. The Balaban J connectivity index is 2.18. The monoisotopic (exact) mass is 251 g/mol. The first-order valence-corrected chi connectivity index (χ1v) is 6.47. The van der Waals surface area contributed by atoms with Crippen LogP contribution in [-0.4, -0.2) is 37.8 Å². The van der Waals surface area contributed by atoms with Crippen molar-refractivity contribution in [3.05, 3.63) is 17.5 Å². The molecule has 100 valence electrons. The lowest BCUT2D eigenvalue weighted by atomic mass is 9.99.